The molecule has 0 bridgehead atoms. The van der Waals surface area contributed by atoms with E-state index in [1.165, 1.54) is 19.3 Å². The summed E-state index contributed by atoms with van der Waals surface area (Å²) in [5.74, 6) is 1.73. The van der Waals surface area contributed by atoms with E-state index in [2.05, 4.69) is 31.0 Å². The molecule has 0 amide bonds. The molecule has 1 heterocycles. The largest absolute Gasteiger partial charge is 0.316 e. The molecule has 0 saturated carbocycles. The van der Waals surface area contributed by atoms with Gasteiger partial charge in [0.25, 0.3) is 0 Å². The van der Waals surface area contributed by atoms with E-state index < -0.39 is 10.8 Å². The highest BCUT2D eigenvalue weighted by atomic mass is 32.2. The minimum absolute atomic E-state index is 0.397. The van der Waals surface area contributed by atoms with Crippen molar-refractivity contribution in [1.82, 2.24) is 10.2 Å². The zero-order valence-electron chi connectivity index (χ0n) is 12.3. The third kappa shape index (κ3) is 4.98. The molecule has 18 heavy (non-hydrogen) atoms. The fourth-order valence-electron chi connectivity index (χ4n) is 2.62. The van der Waals surface area contributed by atoms with Crippen molar-refractivity contribution in [3.63, 3.8) is 0 Å². The van der Waals surface area contributed by atoms with Crippen LogP contribution in [0.25, 0.3) is 0 Å². The molecule has 0 radical (unpaired) electrons. The van der Waals surface area contributed by atoms with Crippen LogP contribution in [0.4, 0.5) is 0 Å². The average molecular weight is 274 g/mol. The number of hydrogen-bond donors (Lipinski definition) is 1. The maximum atomic E-state index is 11.4. The van der Waals surface area contributed by atoms with Gasteiger partial charge in [0.05, 0.1) is 0 Å². The maximum Gasteiger partial charge on any atom is 0.0363 e. The summed E-state index contributed by atoms with van der Waals surface area (Å²) in [4.78, 5) is 2.52. The fraction of sp³-hybridized carbons (Fsp3) is 1.00. The molecule has 1 aliphatic rings. The van der Waals surface area contributed by atoms with Crippen molar-refractivity contribution in [3.8, 4) is 0 Å². The molecule has 1 saturated heterocycles. The van der Waals surface area contributed by atoms with Crippen molar-refractivity contribution < 1.29 is 4.21 Å². The Kier molecular flexibility index (Phi) is 7.42. The first kappa shape index (κ1) is 16.1. The van der Waals surface area contributed by atoms with Crippen molar-refractivity contribution in [2.45, 2.75) is 40.0 Å². The summed E-state index contributed by atoms with van der Waals surface area (Å²) < 4.78 is 11.4. The lowest BCUT2D eigenvalue weighted by Crippen LogP contribution is -2.47. The van der Waals surface area contributed by atoms with Gasteiger partial charge in [-0.05, 0) is 31.2 Å². The normalized spacial score (nSPS) is 19.3. The predicted octanol–water partition coefficient (Wildman–Crippen LogP) is 1.86. The van der Waals surface area contributed by atoms with Crippen molar-refractivity contribution in [3.05, 3.63) is 0 Å². The first-order valence-electron chi connectivity index (χ1n) is 7.44. The molecule has 0 atom stereocenters. The van der Waals surface area contributed by atoms with Gasteiger partial charge in [-0.15, -0.1) is 0 Å². The summed E-state index contributed by atoms with van der Waals surface area (Å²) in [5, 5.41) is 3.59. The zero-order valence-corrected chi connectivity index (χ0v) is 13.2. The summed E-state index contributed by atoms with van der Waals surface area (Å²) in [6.45, 7) is 12.3. The van der Waals surface area contributed by atoms with Crippen LogP contribution in [-0.4, -0.2) is 53.3 Å². The van der Waals surface area contributed by atoms with Crippen LogP contribution in [0.2, 0.25) is 0 Å². The van der Waals surface area contributed by atoms with Gasteiger partial charge < -0.3 is 10.2 Å². The van der Waals surface area contributed by atoms with Gasteiger partial charge in [0.2, 0.25) is 0 Å². The van der Waals surface area contributed by atoms with E-state index in [9.17, 15) is 4.21 Å². The molecule has 0 aromatic rings. The highest BCUT2D eigenvalue weighted by Gasteiger charge is 2.29. The summed E-state index contributed by atoms with van der Waals surface area (Å²) in [5.41, 5.74) is 0.397. The molecule has 3 nitrogen and oxygen atoms in total. The number of rotatable bonds is 8. The molecule has 0 spiro atoms. The minimum atomic E-state index is -0.557. The molecular formula is C14H30N2OS. The maximum absolute atomic E-state index is 11.4. The van der Waals surface area contributed by atoms with Gasteiger partial charge in [-0.1, -0.05) is 20.8 Å². The molecule has 4 heteroatoms. The van der Waals surface area contributed by atoms with Crippen LogP contribution in [0, 0.1) is 5.41 Å². The van der Waals surface area contributed by atoms with Gasteiger partial charge >= 0.3 is 0 Å². The average Bonchev–Trinajstić information content (AvgIpc) is 2.40. The summed E-state index contributed by atoms with van der Waals surface area (Å²) in [6, 6.07) is 0. The lowest BCUT2D eigenvalue weighted by atomic mass is 9.81. The highest BCUT2D eigenvalue weighted by molar-refractivity contribution is 7.85. The first-order valence-corrected chi connectivity index (χ1v) is 8.92. The van der Waals surface area contributed by atoms with E-state index in [1.54, 1.807) is 0 Å². The fourth-order valence-corrected chi connectivity index (χ4v) is 3.75. The molecule has 108 valence electrons. The highest BCUT2D eigenvalue weighted by Crippen LogP contribution is 2.27. The zero-order chi connectivity index (χ0) is 13.4. The Balaban J connectivity index is 2.47. The third-order valence-corrected chi connectivity index (χ3v) is 5.53. The molecular weight excluding hydrogens is 244 g/mol. The molecule has 0 unspecified atom stereocenters. The van der Waals surface area contributed by atoms with E-state index in [1.807, 2.05) is 0 Å². The van der Waals surface area contributed by atoms with Crippen LogP contribution in [0.15, 0.2) is 0 Å². The number of nitrogens with one attached hydrogen (secondary N) is 1. The number of nitrogens with zero attached hydrogens (tertiary/aromatic N) is 1. The molecule has 1 rings (SSSR count). The van der Waals surface area contributed by atoms with E-state index in [-0.39, 0.29) is 0 Å². The third-order valence-electron chi connectivity index (χ3n) is 4.26. The Morgan fingerprint density at radius 2 is 1.78 bits per heavy atom. The summed E-state index contributed by atoms with van der Waals surface area (Å²) in [6.07, 6.45) is 3.64. The van der Waals surface area contributed by atoms with Gasteiger partial charge in [-0.2, -0.15) is 0 Å². The van der Waals surface area contributed by atoms with E-state index in [4.69, 9.17) is 0 Å². The molecule has 0 aliphatic carbocycles. The van der Waals surface area contributed by atoms with Gasteiger partial charge in [-0.25, -0.2) is 0 Å². The second-order valence-corrected chi connectivity index (χ2v) is 7.20. The van der Waals surface area contributed by atoms with Crippen molar-refractivity contribution in [2.75, 3.05) is 44.2 Å². The first-order chi connectivity index (χ1) is 8.65. The van der Waals surface area contributed by atoms with E-state index in [0.717, 1.165) is 44.2 Å². The molecule has 1 aliphatic heterocycles. The van der Waals surface area contributed by atoms with Crippen LogP contribution in [-0.2, 0) is 10.8 Å². The quantitative estimate of drug-likeness (QED) is 0.686. The standard InChI is InChI=1S/C14H30N2OS/c1-4-7-15-12-14(5-2,6-3)13-16-8-10-18(17)11-9-16/h15H,4-13H2,1-3H3. The topological polar surface area (TPSA) is 32.3 Å². The Morgan fingerprint density at radius 3 is 2.28 bits per heavy atom. The smallest absolute Gasteiger partial charge is 0.0363 e. The van der Waals surface area contributed by atoms with Crippen LogP contribution in [0.3, 0.4) is 0 Å². The summed E-state index contributed by atoms with van der Waals surface area (Å²) in [7, 11) is -0.557. The Morgan fingerprint density at radius 1 is 1.17 bits per heavy atom. The Labute approximate surface area is 115 Å². The van der Waals surface area contributed by atoms with Crippen molar-refractivity contribution in [2.24, 2.45) is 5.41 Å². The van der Waals surface area contributed by atoms with Crippen molar-refractivity contribution in [1.29, 1.82) is 0 Å². The minimum Gasteiger partial charge on any atom is -0.316 e. The van der Waals surface area contributed by atoms with Crippen LogP contribution in [0.5, 0.6) is 0 Å². The number of hydrogen-bond acceptors (Lipinski definition) is 3. The van der Waals surface area contributed by atoms with Gasteiger partial charge in [0.15, 0.2) is 0 Å². The second kappa shape index (κ2) is 8.28. The lowest BCUT2D eigenvalue weighted by molar-refractivity contribution is 0.142. The predicted molar refractivity (Wildman–Crippen MR) is 80.5 cm³/mol. The summed E-state index contributed by atoms with van der Waals surface area (Å²) >= 11 is 0. The SMILES string of the molecule is CCCNCC(CC)(CC)CN1CCS(=O)CC1. The molecule has 0 aromatic carbocycles. The van der Waals surface area contributed by atoms with Crippen LogP contribution in [0.1, 0.15) is 40.0 Å². The Hall–Kier alpha value is 0.0700. The Bertz CT molecular complexity index is 244. The van der Waals surface area contributed by atoms with Crippen molar-refractivity contribution >= 4 is 10.8 Å². The monoisotopic (exact) mass is 274 g/mol. The van der Waals surface area contributed by atoms with E-state index >= 15 is 0 Å². The second-order valence-electron chi connectivity index (χ2n) is 5.51. The van der Waals surface area contributed by atoms with Gasteiger partial charge in [-0.3, -0.25) is 4.21 Å². The van der Waals surface area contributed by atoms with Crippen LogP contribution < -0.4 is 5.32 Å². The molecule has 1 N–H and O–H groups in total. The molecule has 1 fully saturated rings. The van der Waals surface area contributed by atoms with Crippen LogP contribution >= 0.6 is 0 Å². The van der Waals surface area contributed by atoms with E-state index in [0.29, 0.717) is 5.41 Å². The van der Waals surface area contributed by atoms with Gasteiger partial charge in [0, 0.05) is 48.5 Å². The molecule has 0 aromatic heterocycles. The lowest BCUT2D eigenvalue weighted by Gasteiger charge is -2.39. The van der Waals surface area contributed by atoms with Gasteiger partial charge in [0.1, 0.15) is 0 Å².